The van der Waals surface area contributed by atoms with E-state index in [1.807, 2.05) is 17.0 Å². The highest BCUT2D eigenvalue weighted by Gasteiger charge is 2.27. The Morgan fingerprint density at radius 2 is 1.71 bits per heavy atom. The van der Waals surface area contributed by atoms with Crippen LogP contribution in [0.5, 0.6) is 0 Å². The summed E-state index contributed by atoms with van der Waals surface area (Å²) in [6, 6.07) is 3.86. The van der Waals surface area contributed by atoms with Gasteiger partial charge in [-0.1, -0.05) is 0 Å². The first-order valence-electron chi connectivity index (χ1n) is 10.8. The molecule has 2 unspecified atom stereocenters. The van der Waals surface area contributed by atoms with Gasteiger partial charge in [0.05, 0.1) is 24.1 Å². The number of pyridine rings is 1. The van der Waals surface area contributed by atoms with Crippen molar-refractivity contribution in [2.24, 2.45) is 0 Å². The number of piperidine rings is 1. The summed E-state index contributed by atoms with van der Waals surface area (Å²) < 4.78 is 11.5. The van der Waals surface area contributed by atoms with E-state index < -0.39 is 0 Å². The Balaban J connectivity index is 1.36. The van der Waals surface area contributed by atoms with Crippen molar-refractivity contribution in [3.05, 3.63) is 18.3 Å². The maximum Gasteiger partial charge on any atom is 0.322 e. The molecule has 154 valence electrons. The fraction of sp³-hybridized carbons (Fsp3) is 0.714. The number of hydrogen-bond donors (Lipinski definition) is 1. The third-order valence-corrected chi connectivity index (χ3v) is 5.86. The largest absolute Gasteiger partial charge is 0.376 e. The van der Waals surface area contributed by atoms with Crippen LogP contribution in [0.1, 0.15) is 44.9 Å². The molecule has 0 aromatic carbocycles. The maximum atomic E-state index is 12.9. The number of aromatic nitrogens is 1. The Labute approximate surface area is 167 Å². The summed E-state index contributed by atoms with van der Waals surface area (Å²) >= 11 is 0. The van der Waals surface area contributed by atoms with Gasteiger partial charge in [-0.2, -0.15) is 0 Å². The zero-order valence-electron chi connectivity index (χ0n) is 16.6. The summed E-state index contributed by atoms with van der Waals surface area (Å²) in [4.78, 5) is 21.7. The number of urea groups is 1. The highest BCUT2D eigenvalue weighted by molar-refractivity contribution is 5.89. The predicted octanol–water partition coefficient (Wildman–Crippen LogP) is 3.26. The van der Waals surface area contributed by atoms with Gasteiger partial charge in [0.25, 0.3) is 0 Å². The molecule has 4 heterocycles. The van der Waals surface area contributed by atoms with E-state index in [1.54, 1.807) is 6.20 Å². The number of nitrogens with one attached hydrogen (secondary N) is 1. The molecule has 0 saturated carbocycles. The minimum absolute atomic E-state index is 0.0986. The van der Waals surface area contributed by atoms with Crippen LogP contribution in [0.15, 0.2) is 18.3 Å². The number of carbonyl (C=O) groups excluding carboxylic acids is 1. The second-order valence-corrected chi connectivity index (χ2v) is 8.06. The Kier molecular flexibility index (Phi) is 6.65. The predicted molar refractivity (Wildman–Crippen MR) is 109 cm³/mol. The van der Waals surface area contributed by atoms with E-state index in [0.29, 0.717) is 13.1 Å². The van der Waals surface area contributed by atoms with Crippen LogP contribution < -0.4 is 10.2 Å². The van der Waals surface area contributed by atoms with Crippen LogP contribution >= 0.6 is 0 Å². The molecular formula is C21H32N4O3. The van der Waals surface area contributed by atoms with Crippen LogP contribution in [-0.2, 0) is 9.47 Å². The maximum absolute atomic E-state index is 12.9. The fourth-order valence-electron chi connectivity index (χ4n) is 4.28. The molecular weight excluding hydrogens is 356 g/mol. The number of nitrogens with zero attached hydrogens (tertiary/aromatic N) is 3. The van der Waals surface area contributed by atoms with Gasteiger partial charge in [0.15, 0.2) is 0 Å². The van der Waals surface area contributed by atoms with E-state index in [1.165, 1.54) is 19.3 Å². The van der Waals surface area contributed by atoms with Crippen LogP contribution in [-0.4, -0.2) is 67.5 Å². The first-order chi connectivity index (χ1) is 13.8. The van der Waals surface area contributed by atoms with Gasteiger partial charge in [-0.3, -0.25) is 0 Å². The van der Waals surface area contributed by atoms with Crippen molar-refractivity contribution in [3.63, 3.8) is 0 Å². The van der Waals surface area contributed by atoms with Crippen LogP contribution in [0.2, 0.25) is 0 Å². The molecule has 0 bridgehead atoms. The Morgan fingerprint density at radius 1 is 1.04 bits per heavy atom. The summed E-state index contributed by atoms with van der Waals surface area (Å²) in [7, 11) is 0. The average Bonchev–Trinajstić information content (AvgIpc) is 3.43. The van der Waals surface area contributed by atoms with Crippen LogP contribution in [0.4, 0.5) is 16.3 Å². The third-order valence-electron chi connectivity index (χ3n) is 5.86. The molecule has 4 rings (SSSR count). The third kappa shape index (κ3) is 5.14. The van der Waals surface area contributed by atoms with Gasteiger partial charge in [-0.05, 0) is 57.1 Å². The van der Waals surface area contributed by atoms with Gasteiger partial charge >= 0.3 is 6.03 Å². The van der Waals surface area contributed by atoms with Crippen molar-refractivity contribution in [3.8, 4) is 0 Å². The number of amides is 2. The molecule has 7 nitrogen and oxygen atoms in total. The van der Waals surface area contributed by atoms with Crippen molar-refractivity contribution in [1.82, 2.24) is 9.88 Å². The number of ether oxygens (including phenoxy) is 2. The quantitative estimate of drug-likeness (QED) is 0.810. The van der Waals surface area contributed by atoms with E-state index in [0.717, 1.165) is 63.5 Å². The van der Waals surface area contributed by atoms with E-state index in [-0.39, 0.29) is 18.2 Å². The van der Waals surface area contributed by atoms with E-state index in [9.17, 15) is 4.79 Å². The van der Waals surface area contributed by atoms with Gasteiger partial charge in [-0.25, -0.2) is 9.78 Å². The van der Waals surface area contributed by atoms with Crippen LogP contribution in [0.3, 0.4) is 0 Å². The first kappa shape index (κ1) is 19.5. The summed E-state index contributed by atoms with van der Waals surface area (Å²) in [6.45, 7) is 4.95. The monoisotopic (exact) mass is 388 g/mol. The summed E-state index contributed by atoms with van der Waals surface area (Å²) in [5, 5.41) is 3.01. The Hall–Kier alpha value is -1.86. The molecule has 2 atom stereocenters. The average molecular weight is 389 g/mol. The lowest BCUT2D eigenvalue weighted by Crippen LogP contribution is -2.44. The van der Waals surface area contributed by atoms with Crippen LogP contribution in [0.25, 0.3) is 0 Å². The molecule has 0 aliphatic carbocycles. The molecule has 1 aromatic rings. The molecule has 3 aliphatic rings. The standard InChI is InChI=1S/C21H32N4O3/c26-21(23-17-8-9-20(22-14-17)24-10-2-1-3-11-24)25(15-18-6-4-12-27-18)16-19-7-5-13-28-19/h8-9,14,18-19H,1-7,10-13,15-16H2,(H,23,26). The van der Waals surface area contributed by atoms with E-state index in [2.05, 4.69) is 15.2 Å². The molecule has 1 N–H and O–H groups in total. The van der Waals surface area contributed by atoms with Gasteiger partial charge < -0.3 is 24.6 Å². The van der Waals surface area contributed by atoms with E-state index >= 15 is 0 Å². The van der Waals surface area contributed by atoms with E-state index in [4.69, 9.17) is 9.47 Å². The second-order valence-electron chi connectivity index (χ2n) is 8.06. The van der Waals surface area contributed by atoms with Gasteiger partial charge in [0.2, 0.25) is 0 Å². The zero-order valence-corrected chi connectivity index (χ0v) is 16.6. The second kappa shape index (κ2) is 9.56. The van der Waals surface area contributed by atoms with Crippen molar-refractivity contribution in [2.75, 3.05) is 49.6 Å². The topological polar surface area (TPSA) is 66.9 Å². The molecule has 0 spiro atoms. The lowest BCUT2D eigenvalue weighted by molar-refractivity contribution is 0.0524. The lowest BCUT2D eigenvalue weighted by Gasteiger charge is -2.29. The summed E-state index contributed by atoms with van der Waals surface area (Å²) in [5.41, 5.74) is 0.732. The van der Waals surface area contributed by atoms with Gasteiger partial charge in [0.1, 0.15) is 5.82 Å². The molecule has 28 heavy (non-hydrogen) atoms. The Morgan fingerprint density at radius 3 is 2.25 bits per heavy atom. The van der Waals surface area contributed by atoms with Crippen LogP contribution in [0, 0.1) is 0 Å². The highest BCUT2D eigenvalue weighted by atomic mass is 16.5. The number of hydrogen-bond acceptors (Lipinski definition) is 5. The molecule has 0 radical (unpaired) electrons. The SMILES string of the molecule is O=C(Nc1ccc(N2CCCCC2)nc1)N(CC1CCCO1)CC1CCCO1. The number of rotatable bonds is 6. The minimum Gasteiger partial charge on any atom is -0.376 e. The highest BCUT2D eigenvalue weighted by Crippen LogP contribution is 2.21. The minimum atomic E-state index is -0.0986. The molecule has 7 heteroatoms. The molecule has 2 amide bonds. The van der Waals surface area contributed by atoms with Crippen molar-refractivity contribution >= 4 is 17.5 Å². The molecule has 3 saturated heterocycles. The van der Waals surface area contributed by atoms with Gasteiger partial charge in [-0.15, -0.1) is 0 Å². The summed E-state index contributed by atoms with van der Waals surface area (Å²) in [5.74, 6) is 0.994. The first-order valence-corrected chi connectivity index (χ1v) is 10.8. The molecule has 3 fully saturated rings. The number of anilines is 2. The van der Waals surface area contributed by atoms with Crippen molar-refractivity contribution in [1.29, 1.82) is 0 Å². The number of carbonyl (C=O) groups is 1. The Bertz CT molecular complexity index is 603. The van der Waals surface area contributed by atoms with Gasteiger partial charge in [0, 0.05) is 39.4 Å². The fourth-order valence-corrected chi connectivity index (χ4v) is 4.28. The summed E-state index contributed by atoms with van der Waals surface area (Å²) in [6.07, 6.45) is 9.95. The smallest absolute Gasteiger partial charge is 0.322 e. The lowest BCUT2D eigenvalue weighted by atomic mass is 10.1. The molecule has 3 aliphatic heterocycles. The van der Waals surface area contributed by atoms with Crippen molar-refractivity contribution < 1.29 is 14.3 Å². The zero-order chi connectivity index (χ0) is 19.2. The normalized spacial score (nSPS) is 25.1. The van der Waals surface area contributed by atoms with Crippen molar-refractivity contribution in [2.45, 2.75) is 57.2 Å². The molecule has 1 aromatic heterocycles.